The van der Waals surface area contributed by atoms with Gasteiger partial charge in [0, 0.05) is 0 Å². The molecule has 1 aliphatic rings. The molecule has 0 radical (unpaired) electrons. The molecule has 0 fully saturated rings. The number of carbonyl (C=O) groups excluding carboxylic acids is 2. The van der Waals surface area contributed by atoms with Crippen LogP contribution in [-0.4, -0.2) is 31.8 Å². The highest BCUT2D eigenvalue weighted by Crippen LogP contribution is 2.36. The van der Waals surface area contributed by atoms with Crippen LogP contribution in [0.1, 0.15) is 43.4 Å². The highest BCUT2D eigenvalue weighted by Gasteiger charge is 2.41. The van der Waals surface area contributed by atoms with Gasteiger partial charge in [-0.1, -0.05) is 17.3 Å². The molecule has 0 spiro atoms. The molecule has 0 saturated heterocycles. The maximum Gasteiger partial charge on any atom is 0.416 e. The van der Waals surface area contributed by atoms with Crippen LogP contribution in [0.2, 0.25) is 0 Å². The van der Waals surface area contributed by atoms with E-state index in [1.807, 2.05) is 0 Å². The number of anilines is 1. The summed E-state index contributed by atoms with van der Waals surface area (Å²) < 4.78 is 43.3. The lowest BCUT2D eigenvalue weighted by Gasteiger charge is -2.14. The molecule has 0 saturated carbocycles. The first kappa shape index (κ1) is 19.6. The molecule has 8 nitrogen and oxygen atoms in total. The maximum absolute atomic E-state index is 13.0. The van der Waals surface area contributed by atoms with E-state index in [1.165, 1.54) is 19.1 Å². The first-order valence-corrected chi connectivity index (χ1v) is 8.71. The Kier molecular flexibility index (Phi) is 4.33. The number of aromatic nitrogens is 3. The first-order chi connectivity index (χ1) is 14.1. The number of aryl methyl sites for hydroxylation is 2. The van der Waals surface area contributed by atoms with Gasteiger partial charge in [-0.25, -0.2) is 4.98 Å². The largest absolute Gasteiger partial charge is 0.416 e. The van der Waals surface area contributed by atoms with Crippen LogP contribution in [0.4, 0.5) is 18.9 Å². The van der Waals surface area contributed by atoms with E-state index in [0.29, 0.717) is 11.4 Å². The predicted molar refractivity (Wildman–Crippen MR) is 97.1 cm³/mol. The molecule has 2 N–H and O–H groups in total. The van der Waals surface area contributed by atoms with Gasteiger partial charge in [-0.05, 0) is 31.5 Å². The third-order valence-corrected chi connectivity index (χ3v) is 4.69. The van der Waals surface area contributed by atoms with Crippen molar-refractivity contribution < 1.29 is 27.3 Å². The second-order valence-electron chi connectivity index (χ2n) is 6.75. The summed E-state index contributed by atoms with van der Waals surface area (Å²) in [4.78, 5) is 35.0. The van der Waals surface area contributed by atoms with Crippen molar-refractivity contribution in [2.24, 2.45) is 0 Å². The molecule has 3 aromatic rings. The molecule has 4 rings (SSSR count). The molecule has 0 unspecified atom stereocenters. The number of benzene rings is 1. The van der Waals surface area contributed by atoms with Crippen molar-refractivity contribution in [3.05, 3.63) is 58.0 Å². The summed E-state index contributed by atoms with van der Waals surface area (Å²) >= 11 is 0. The molecular weight excluding hydrogens is 403 g/mol. The quantitative estimate of drug-likeness (QED) is 0.651. The number of nitrogens with zero attached hydrogens (tertiary/aromatic N) is 4. The van der Waals surface area contributed by atoms with Crippen LogP contribution in [-0.2, 0) is 12.7 Å². The molecule has 154 valence electrons. The van der Waals surface area contributed by atoms with E-state index in [-0.39, 0.29) is 40.6 Å². The second kappa shape index (κ2) is 6.65. The third kappa shape index (κ3) is 3.08. The van der Waals surface area contributed by atoms with Crippen LogP contribution in [0.25, 0.3) is 11.6 Å². The molecular formula is C19H14F3N5O3. The van der Waals surface area contributed by atoms with Crippen molar-refractivity contribution in [1.82, 2.24) is 20.0 Å². The molecule has 1 aliphatic heterocycles. The minimum Gasteiger partial charge on any atom is -0.396 e. The van der Waals surface area contributed by atoms with Crippen molar-refractivity contribution in [2.75, 3.05) is 5.73 Å². The molecule has 0 aliphatic carbocycles. The van der Waals surface area contributed by atoms with Gasteiger partial charge in [-0.2, -0.15) is 18.2 Å². The highest BCUT2D eigenvalue weighted by molar-refractivity contribution is 6.24. The predicted octanol–water partition coefficient (Wildman–Crippen LogP) is 3.15. The number of hydrogen-bond donors (Lipinski definition) is 1. The van der Waals surface area contributed by atoms with Crippen molar-refractivity contribution in [3.8, 4) is 11.6 Å². The Balaban J connectivity index is 1.70. The summed E-state index contributed by atoms with van der Waals surface area (Å²) in [6.07, 6.45) is -4.48. The summed E-state index contributed by atoms with van der Waals surface area (Å²) in [7, 11) is 0. The Morgan fingerprint density at radius 1 is 1.03 bits per heavy atom. The molecule has 2 amide bonds. The molecule has 30 heavy (non-hydrogen) atoms. The van der Waals surface area contributed by atoms with Crippen molar-refractivity contribution in [2.45, 2.75) is 26.6 Å². The van der Waals surface area contributed by atoms with Crippen molar-refractivity contribution >= 4 is 17.5 Å². The Morgan fingerprint density at radius 3 is 2.23 bits per heavy atom. The third-order valence-electron chi connectivity index (χ3n) is 4.69. The van der Waals surface area contributed by atoms with Gasteiger partial charge in [0.2, 0.25) is 0 Å². The van der Waals surface area contributed by atoms with Gasteiger partial charge < -0.3 is 10.3 Å². The molecule has 0 bridgehead atoms. The van der Waals surface area contributed by atoms with E-state index in [2.05, 4.69) is 15.1 Å². The van der Waals surface area contributed by atoms with Crippen molar-refractivity contribution in [3.63, 3.8) is 0 Å². The zero-order valence-electron chi connectivity index (χ0n) is 15.7. The summed E-state index contributed by atoms with van der Waals surface area (Å²) in [6, 6.07) is 4.22. The Labute approximate surface area is 167 Å². The summed E-state index contributed by atoms with van der Waals surface area (Å²) in [5.74, 6) is -0.941. The number of imide groups is 1. The van der Waals surface area contributed by atoms with Crippen LogP contribution < -0.4 is 5.73 Å². The number of halogens is 3. The van der Waals surface area contributed by atoms with E-state index in [1.54, 1.807) is 6.92 Å². The molecule has 3 heterocycles. The van der Waals surface area contributed by atoms with Crippen LogP contribution in [0, 0.1) is 13.8 Å². The van der Waals surface area contributed by atoms with Gasteiger partial charge in [-0.3, -0.25) is 14.5 Å². The standard InChI is InChI=1S/C19H14F3N5O3/c1-8-12-13(14(23)15(24-8)16-25-9(2)26-30-16)18(29)27(17(12)28)7-10-3-5-11(6-4-10)19(20,21)22/h3-6H,7,23H2,1-2H3. The van der Waals surface area contributed by atoms with Gasteiger partial charge >= 0.3 is 6.18 Å². The maximum atomic E-state index is 13.0. The number of alkyl halides is 3. The average molecular weight is 417 g/mol. The Hall–Kier alpha value is -3.76. The van der Waals surface area contributed by atoms with Crippen LogP contribution in [0.3, 0.4) is 0 Å². The number of amides is 2. The average Bonchev–Trinajstić information content (AvgIpc) is 3.21. The number of nitrogens with two attached hydrogens (primary N) is 1. The Morgan fingerprint density at radius 2 is 1.67 bits per heavy atom. The van der Waals surface area contributed by atoms with Gasteiger partial charge in [0.05, 0.1) is 34.6 Å². The fraction of sp³-hybridized carbons (Fsp3) is 0.211. The summed E-state index contributed by atoms with van der Waals surface area (Å²) in [5.41, 5.74) is 5.91. The molecule has 0 atom stereocenters. The number of carbonyl (C=O) groups is 2. The topological polar surface area (TPSA) is 115 Å². The zero-order valence-corrected chi connectivity index (χ0v) is 15.7. The fourth-order valence-corrected chi connectivity index (χ4v) is 3.25. The Bertz CT molecular complexity index is 1190. The first-order valence-electron chi connectivity index (χ1n) is 8.71. The van der Waals surface area contributed by atoms with E-state index >= 15 is 0 Å². The van der Waals surface area contributed by atoms with Gasteiger partial charge in [-0.15, -0.1) is 0 Å². The SMILES string of the molecule is Cc1noc(-c2nc(C)c3c(c2N)C(=O)N(Cc2ccc(C(F)(F)F)cc2)C3=O)n1. The monoisotopic (exact) mass is 417 g/mol. The van der Waals surface area contributed by atoms with Crippen molar-refractivity contribution in [1.29, 1.82) is 0 Å². The minimum atomic E-state index is -4.48. The van der Waals surface area contributed by atoms with E-state index in [9.17, 15) is 22.8 Å². The van der Waals surface area contributed by atoms with Crippen LogP contribution >= 0.6 is 0 Å². The molecule has 2 aromatic heterocycles. The molecule has 11 heteroatoms. The second-order valence-corrected chi connectivity index (χ2v) is 6.75. The minimum absolute atomic E-state index is 0.0114. The number of nitrogen functional groups attached to an aromatic ring is 1. The van der Waals surface area contributed by atoms with E-state index < -0.39 is 23.6 Å². The number of hydrogen-bond acceptors (Lipinski definition) is 7. The van der Waals surface area contributed by atoms with Gasteiger partial charge in [0.15, 0.2) is 11.5 Å². The fourth-order valence-electron chi connectivity index (χ4n) is 3.25. The number of fused-ring (bicyclic) bond motifs is 1. The van der Waals surface area contributed by atoms with E-state index in [4.69, 9.17) is 10.3 Å². The van der Waals surface area contributed by atoms with Gasteiger partial charge in [0.25, 0.3) is 17.7 Å². The lowest BCUT2D eigenvalue weighted by Crippen LogP contribution is -2.29. The van der Waals surface area contributed by atoms with E-state index in [0.717, 1.165) is 17.0 Å². The lowest BCUT2D eigenvalue weighted by molar-refractivity contribution is -0.137. The normalized spacial score (nSPS) is 13.8. The van der Waals surface area contributed by atoms with Crippen LogP contribution in [0.5, 0.6) is 0 Å². The summed E-state index contributed by atoms with van der Waals surface area (Å²) in [5, 5.41) is 3.66. The number of pyridine rings is 1. The molecule has 1 aromatic carbocycles. The summed E-state index contributed by atoms with van der Waals surface area (Å²) in [6.45, 7) is 2.93. The smallest absolute Gasteiger partial charge is 0.396 e. The number of rotatable bonds is 3. The lowest BCUT2D eigenvalue weighted by atomic mass is 10.0. The van der Waals surface area contributed by atoms with Gasteiger partial charge in [0.1, 0.15) is 0 Å². The van der Waals surface area contributed by atoms with Crippen LogP contribution in [0.15, 0.2) is 28.8 Å². The highest BCUT2D eigenvalue weighted by atomic mass is 19.4. The zero-order chi connectivity index (χ0) is 21.8.